The van der Waals surface area contributed by atoms with Gasteiger partial charge in [-0.05, 0) is 60.7 Å². The Labute approximate surface area is 323 Å². The predicted octanol–water partition coefficient (Wildman–Crippen LogP) is 5.40. The van der Waals surface area contributed by atoms with Gasteiger partial charge in [0.2, 0.25) is 5.82 Å². The van der Waals surface area contributed by atoms with Crippen molar-refractivity contribution < 1.29 is 37.5 Å². The number of imidazole rings is 1. The second-order valence-corrected chi connectivity index (χ2v) is 15.1. The molecule has 57 heavy (non-hydrogen) atoms. The molecule has 3 aromatic heterocycles. The van der Waals surface area contributed by atoms with Crippen molar-refractivity contribution in [3.05, 3.63) is 69.8 Å². The van der Waals surface area contributed by atoms with Gasteiger partial charge in [-0.25, -0.2) is 27.5 Å². The molecule has 0 radical (unpaired) electrons. The van der Waals surface area contributed by atoms with Crippen LogP contribution >= 0.6 is 0 Å². The molecule has 4 aliphatic rings. The smallest absolute Gasteiger partial charge is 0.410 e. The monoisotopic (exact) mass is 783 g/mol. The molecule has 0 aliphatic carbocycles. The fraction of sp³-hybridized carbons (Fsp3) is 0.410. The molecule has 18 heteroatoms. The SMILES string of the molecule is C#Cc1c(F)ccc2cc(O)cc(-c3ncc4c(N5CC6CCC(C5)N6C(=O)OCc5ncc([N+](=O)[O-])n5C)nc(OC[C@@]56CCCN5C[C@H](F)C6)nc4c3F)c12. The number of phenols is 1. The van der Waals surface area contributed by atoms with Crippen LogP contribution in [-0.2, 0) is 18.4 Å². The molecule has 0 spiro atoms. The summed E-state index contributed by atoms with van der Waals surface area (Å²) in [7, 11) is 1.47. The van der Waals surface area contributed by atoms with Crippen molar-refractivity contribution in [3.8, 4) is 35.4 Å². The summed E-state index contributed by atoms with van der Waals surface area (Å²) in [5.74, 6) is 0.849. The maximum atomic E-state index is 17.1. The zero-order valence-electron chi connectivity index (χ0n) is 30.7. The Bertz CT molecular complexity index is 2520. The first-order chi connectivity index (χ1) is 27.4. The molecule has 4 atom stereocenters. The van der Waals surface area contributed by atoms with Crippen LogP contribution in [0.2, 0.25) is 0 Å². The average molecular weight is 784 g/mol. The molecule has 2 aromatic carbocycles. The van der Waals surface area contributed by atoms with E-state index in [-0.39, 0.29) is 94.9 Å². The molecule has 9 rings (SSSR count). The number of fused-ring (bicyclic) bond motifs is 5. The first-order valence-corrected chi connectivity index (χ1v) is 18.6. The van der Waals surface area contributed by atoms with Crippen LogP contribution in [0.1, 0.15) is 43.5 Å². The van der Waals surface area contributed by atoms with Crippen LogP contribution in [0.15, 0.2) is 36.7 Å². The summed E-state index contributed by atoms with van der Waals surface area (Å²) in [4.78, 5) is 47.6. The molecule has 4 aliphatic heterocycles. The van der Waals surface area contributed by atoms with Gasteiger partial charge in [-0.15, -0.1) is 6.42 Å². The van der Waals surface area contributed by atoms with Crippen LogP contribution in [0.25, 0.3) is 32.9 Å². The number of phenolic OH excluding ortho intramolecular Hbond substituents is 1. The zero-order chi connectivity index (χ0) is 39.7. The molecular formula is C39H36F3N9O6. The number of benzene rings is 2. The maximum absolute atomic E-state index is 17.1. The number of ether oxygens (including phenoxy) is 2. The van der Waals surface area contributed by atoms with Gasteiger partial charge in [0.25, 0.3) is 0 Å². The minimum absolute atomic E-state index is 0.0604. The van der Waals surface area contributed by atoms with Crippen LogP contribution in [-0.4, -0.2) is 107 Å². The lowest BCUT2D eigenvalue weighted by Gasteiger charge is -2.41. The van der Waals surface area contributed by atoms with Crippen molar-refractivity contribution in [3.63, 3.8) is 0 Å². The van der Waals surface area contributed by atoms with Gasteiger partial charge in [-0.3, -0.25) is 14.8 Å². The van der Waals surface area contributed by atoms with Crippen LogP contribution in [0.4, 0.5) is 29.6 Å². The number of piperazine rings is 1. The van der Waals surface area contributed by atoms with Gasteiger partial charge in [-0.1, -0.05) is 12.0 Å². The van der Waals surface area contributed by atoms with Crippen LogP contribution in [0.3, 0.4) is 0 Å². The van der Waals surface area contributed by atoms with E-state index in [9.17, 15) is 28.8 Å². The number of nitrogens with zero attached hydrogens (tertiary/aromatic N) is 9. The molecule has 5 aromatic rings. The lowest BCUT2D eigenvalue weighted by Crippen LogP contribution is -2.56. The number of hydrogen-bond acceptors (Lipinski definition) is 12. The Hall–Kier alpha value is -6.22. The Morgan fingerprint density at radius 1 is 1.14 bits per heavy atom. The van der Waals surface area contributed by atoms with E-state index in [1.165, 1.54) is 42.1 Å². The highest BCUT2D eigenvalue weighted by molar-refractivity contribution is 6.03. The molecule has 1 amide bonds. The van der Waals surface area contributed by atoms with Crippen LogP contribution in [0, 0.1) is 34.1 Å². The lowest BCUT2D eigenvalue weighted by atomic mass is 9.95. The van der Waals surface area contributed by atoms with Gasteiger partial charge >= 0.3 is 17.9 Å². The Morgan fingerprint density at radius 3 is 2.67 bits per heavy atom. The van der Waals surface area contributed by atoms with Crippen molar-refractivity contribution in [1.82, 2.24) is 34.3 Å². The lowest BCUT2D eigenvalue weighted by molar-refractivity contribution is -0.391. The van der Waals surface area contributed by atoms with E-state index in [4.69, 9.17) is 20.9 Å². The topological polar surface area (TPSA) is 165 Å². The quantitative estimate of drug-likeness (QED) is 0.121. The van der Waals surface area contributed by atoms with Gasteiger partial charge in [0.15, 0.2) is 12.4 Å². The van der Waals surface area contributed by atoms with Gasteiger partial charge in [0.1, 0.15) is 47.6 Å². The van der Waals surface area contributed by atoms with E-state index in [0.29, 0.717) is 37.0 Å². The molecule has 4 fully saturated rings. The largest absolute Gasteiger partial charge is 0.508 e. The third-order valence-corrected chi connectivity index (χ3v) is 11.9. The number of aromatic hydroxyl groups is 1. The average Bonchev–Trinajstić information content (AvgIpc) is 3.91. The second-order valence-electron chi connectivity index (χ2n) is 15.1. The molecule has 294 valence electrons. The zero-order valence-corrected chi connectivity index (χ0v) is 30.7. The third-order valence-electron chi connectivity index (χ3n) is 11.9. The minimum Gasteiger partial charge on any atom is -0.508 e. The number of pyridine rings is 1. The number of nitro groups is 1. The van der Waals surface area contributed by atoms with Crippen molar-refractivity contribution in [2.45, 2.75) is 62.5 Å². The number of halogens is 3. The number of carbonyl (C=O) groups excluding carboxylic acids is 1. The maximum Gasteiger partial charge on any atom is 0.410 e. The molecule has 2 unspecified atom stereocenters. The fourth-order valence-electron chi connectivity index (χ4n) is 9.23. The molecule has 2 bridgehead atoms. The molecular weight excluding hydrogens is 747 g/mol. The van der Waals surface area contributed by atoms with E-state index < -0.39 is 34.4 Å². The van der Waals surface area contributed by atoms with Gasteiger partial charge in [-0.2, -0.15) is 9.97 Å². The molecule has 15 nitrogen and oxygen atoms in total. The number of carbonyl (C=O) groups is 1. The highest BCUT2D eigenvalue weighted by Crippen LogP contribution is 2.43. The molecule has 4 saturated heterocycles. The number of anilines is 1. The highest BCUT2D eigenvalue weighted by Gasteiger charge is 2.50. The summed E-state index contributed by atoms with van der Waals surface area (Å²) in [6.07, 6.45) is 9.84. The van der Waals surface area contributed by atoms with E-state index in [1.54, 1.807) is 4.90 Å². The van der Waals surface area contributed by atoms with Crippen molar-refractivity contribution in [2.75, 3.05) is 37.7 Å². The number of rotatable bonds is 8. The number of aromatic nitrogens is 5. The summed E-state index contributed by atoms with van der Waals surface area (Å²) in [5, 5.41) is 22.7. The van der Waals surface area contributed by atoms with E-state index in [2.05, 4.69) is 25.8 Å². The van der Waals surface area contributed by atoms with E-state index in [0.717, 1.165) is 25.6 Å². The molecule has 7 heterocycles. The molecule has 1 N–H and O–H groups in total. The second kappa shape index (κ2) is 13.8. The van der Waals surface area contributed by atoms with Crippen molar-refractivity contribution >= 4 is 39.4 Å². The van der Waals surface area contributed by atoms with Crippen molar-refractivity contribution in [2.24, 2.45) is 7.05 Å². The predicted molar refractivity (Wildman–Crippen MR) is 199 cm³/mol. The number of terminal acetylenes is 1. The standard InChI is InChI=1S/C39H36F3N9O6/c1-3-26-29(41)8-5-21-11-25(52)12-27(32(21)26)34-33(42)35-28(14-44-34)36(46-37(45-35)57-20-39-9-4-10-49(39)16-22(40)13-39)48-17-23-6-7-24(18-48)50(23)38(53)56-19-30-43-15-31(47(30)2)51(54)55/h1,5,8,11-12,14-15,22-24,52H,4,6-7,9-10,13,16-20H2,2H3/t22-,23?,24?,39+/m1/s1. The Kier molecular flexibility index (Phi) is 8.79. The summed E-state index contributed by atoms with van der Waals surface area (Å²) in [5.41, 5.74) is -0.980. The first-order valence-electron chi connectivity index (χ1n) is 18.6. The van der Waals surface area contributed by atoms with Crippen LogP contribution in [0.5, 0.6) is 11.8 Å². The number of alkyl halides is 1. The highest BCUT2D eigenvalue weighted by atomic mass is 19.1. The number of amides is 1. The van der Waals surface area contributed by atoms with Crippen LogP contribution < -0.4 is 9.64 Å². The van der Waals surface area contributed by atoms with Gasteiger partial charge in [0.05, 0.1) is 35.6 Å². The number of hydrogen-bond donors (Lipinski definition) is 1. The van der Waals surface area contributed by atoms with E-state index >= 15 is 4.39 Å². The van der Waals surface area contributed by atoms with Gasteiger partial charge in [0, 0.05) is 43.2 Å². The fourth-order valence-corrected chi connectivity index (χ4v) is 9.23. The first kappa shape index (κ1) is 36.4. The third kappa shape index (κ3) is 6.07. The Morgan fingerprint density at radius 2 is 1.93 bits per heavy atom. The summed E-state index contributed by atoms with van der Waals surface area (Å²) < 4.78 is 59.8. The summed E-state index contributed by atoms with van der Waals surface area (Å²) in [6, 6.07) is 4.51. The van der Waals surface area contributed by atoms with Crippen molar-refractivity contribution in [1.29, 1.82) is 0 Å². The Balaban J connectivity index is 1.07. The summed E-state index contributed by atoms with van der Waals surface area (Å²) >= 11 is 0. The van der Waals surface area contributed by atoms with E-state index in [1.807, 2.05) is 4.90 Å². The molecule has 0 saturated carbocycles. The summed E-state index contributed by atoms with van der Waals surface area (Å²) in [6.45, 7) is 1.46. The van der Waals surface area contributed by atoms with Gasteiger partial charge < -0.3 is 29.6 Å². The minimum atomic E-state index is -0.997. The normalized spacial score (nSPS) is 23.0.